The van der Waals surface area contributed by atoms with E-state index in [1.807, 2.05) is 0 Å². The summed E-state index contributed by atoms with van der Waals surface area (Å²) in [7, 11) is 2.09. The summed E-state index contributed by atoms with van der Waals surface area (Å²) in [6.07, 6.45) is 3.84. The molecule has 108 valence electrons. The zero-order valence-electron chi connectivity index (χ0n) is 12.8. The van der Waals surface area contributed by atoms with Gasteiger partial charge in [-0.2, -0.15) is 0 Å². The summed E-state index contributed by atoms with van der Waals surface area (Å²) in [5.41, 5.74) is 4.83. The van der Waals surface area contributed by atoms with Gasteiger partial charge in [-0.15, -0.1) is 0 Å². The normalized spacial score (nSPS) is 24.8. The molecule has 0 aromatic heterocycles. The molecule has 1 aromatic rings. The van der Waals surface area contributed by atoms with Gasteiger partial charge in [0.05, 0.1) is 0 Å². The van der Waals surface area contributed by atoms with Crippen molar-refractivity contribution in [2.24, 2.45) is 0 Å². The van der Waals surface area contributed by atoms with Crippen molar-refractivity contribution in [1.29, 1.82) is 0 Å². The maximum Gasteiger partial charge on any atom is 0.0329 e. The topological polar surface area (TPSA) is 15.3 Å². The van der Waals surface area contributed by atoms with E-state index in [9.17, 15) is 0 Å². The molecule has 1 spiro atoms. The lowest BCUT2D eigenvalue weighted by Gasteiger charge is -2.40. The first-order valence-electron chi connectivity index (χ1n) is 7.78. The molecule has 0 radical (unpaired) electrons. The van der Waals surface area contributed by atoms with Crippen LogP contribution in [-0.4, -0.2) is 31.6 Å². The van der Waals surface area contributed by atoms with Crippen LogP contribution in [0.4, 0.5) is 0 Å². The molecule has 1 aromatic carbocycles. The Kier molecular flexibility index (Phi) is 3.70. The van der Waals surface area contributed by atoms with Gasteiger partial charge in [0.15, 0.2) is 0 Å². The summed E-state index contributed by atoms with van der Waals surface area (Å²) in [5, 5.41) is 3.51. The van der Waals surface area contributed by atoms with Crippen molar-refractivity contribution in [3.05, 3.63) is 47.5 Å². The number of fused-ring (bicyclic) bond motifs is 2. The van der Waals surface area contributed by atoms with Gasteiger partial charge in [-0.05, 0) is 62.9 Å². The van der Waals surface area contributed by atoms with Crippen molar-refractivity contribution in [2.75, 3.05) is 26.7 Å². The van der Waals surface area contributed by atoms with E-state index in [2.05, 4.69) is 55.0 Å². The minimum absolute atomic E-state index is 0.413. The number of benzene rings is 1. The number of likely N-dealkylation sites (tertiary alicyclic amines) is 1. The van der Waals surface area contributed by atoms with Crippen LogP contribution >= 0.6 is 0 Å². The van der Waals surface area contributed by atoms with E-state index >= 15 is 0 Å². The number of nitrogens with zero attached hydrogens (tertiary/aromatic N) is 1. The Morgan fingerprint density at radius 2 is 2.05 bits per heavy atom. The molecule has 0 bridgehead atoms. The van der Waals surface area contributed by atoms with E-state index in [4.69, 9.17) is 0 Å². The summed E-state index contributed by atoms with van der Waals surface area (Å²) in [6, 6.07) is 9.60. The Morgan fingerprint density at radius 1 is 1.35 bits per heavy atom. The van der Waals surface area contributed by atoms with Crippen molar-refractivity contribution in [1.82, 2.24) is 10.2 Å². The van der Waals surface area contributed by atoms with Crippen LogP contribution in [0.2, 0.25) is 0 Å². The highest BCUT2D eigenvalue weighted by atomic mass is 15.1. The predicted octanol–water partition coefficient (Wildman–Crippen LogP) is 3.26. The van der Waals surface area contributed by atoms with Crippen molar-refractivity contribution >= 4 is 0 Å². The number of hydrogen-bond acceptors (Lipinski definition) is 2. The summed E-state index contributed by atoms with van der Waals surface area (Å²) in [6.45, 7) is 9.65. The van der Waals surface area contributed by atoms with E-state index in [-0.39, 0.29) is 0 Å². The lowest BCUT2D eigenvalue weighted by molar-refractivity contribution is 0.163. The lowest BCUT2D eigenvalue weighted by atomic mass is 9.73. The van der Waals surface area contributed by atoms with Gasteiger partial charge in [0.25, 0.3) is 0 Å². The highest BCUT2D eigenvalue weighted by molar-refractivity contribution is 5.42. The van der Waals surface area contributed by atoms with Gasteiger partial charge < -0.3 is 5.32 Å². The zero-order chi connectivity index (χ0) is 14.2. The van der Waals surface area contributed by atoms with Gasteiger partial charge in [-0.3, -0.25) is 4.90 Å². The smallest absolute Gasteiger partial charge is 0.0329 e. The second-order valence-corrected chi connectivity index (χ2v) is 6.65. The Labute approximate surface area is 122 Å². The average Bonchev–Trinajstić information content (AvgIpc) is 2.76. The van der Waals surface area contributed by atoms with E-state index in [1.165, 1.54) is 43.5 Å². The van der Waals surface area contributed by atoms with Crippen LogP contribution in [0.5, 0.6) is 0 Å². The fourth-order valence-corrected chi connectivity index (χ4v) is 4.15. The highest BCUT2D eigenvalue weighted by Gasteiger charge is 2.44. The number of rotatable bonds is 3. The van der Waals surface area contributed by atoms with Gasteiger partial charge in [-0.25, -0.2) is 0 Å². The van der Waals surface area contributed by atoms with Crippen LogP contribution < -0.4 is 5.32 Å². The van der Waals surface area contributed by atoms with Gasteiger partial charge in [0.1, 0.15) is 0 Å². The van der Waals surface area contributed by atoms with Crippen LogP contribution in [-0.2, 0) is 5.41 Å². The van der Waals surface area contributed by atoms with E-state index < -0.39 is 0 Å². The molecule has 2 aliphatic rings. The van der Waals surface area contributed by atoms with Gasteiger partial charge in [0, 0.05) is 12.6 Å². The summed E-state index contributed by atoms with van der Waals surface area (Å²) in [4.78, 5) is 2.56. The van der Waals surface area contributed by atoms with E-state index in [1.54, 1.807) is 5.56 Å². The number of piperidine rings is 1. The van der Waals surface area contributed by atoms with Crippen LogP contribution in [0.3, 0.4) is 0 Å². The SMILES string of the molecule is C=C(C)CN1CCC2(CC1)CC(NC)c1ccccc12. The van der Waals surface area contributed by atoms with Gasteiger partial charge >= 0.3 is 0 Å². The molecule has 1 saturated heterocycles. The molecule has 1 heterocycles. The predicted molar refractivity (Wildman–Crippen MR) is 85.0 cm³/mol. The summed E-state index contributed by atoms with van der Waals surface area (Å²) < 4.78 is 0. The molecule has 1 aliphatic heterocycles. The fourth-order valence-electron chi connectivity index (χ4n) is 4.15. The van der Waals surface area contributed by atoms with Gasteiger partial charge in [-0.1, -0.05) is 36.4 Å². The monoisotopic (exact) mass is 270 g/mol. The van der Waals surface area contributed by atoms with Crippen LogP contribution in [0, 0.1) is 0 Å². The molecule has 3 rings (SSSR count). The Balaban J connectivity index is 1.80. The molecule has 1 unspecified atom stereocenters. The van der Waals surface area contributed by atoms with Crippen molar-refractivity contribution in [2.45, 2.75) is 37.6 Å². The molecular formula is C18H26N2. The highest BCUT2D eigenvalue weighted by Crippen LogP contribution is 2.50. The first-order chi connectivity index (χ1) is 9.64. The van der Waals surface area contributed by atoms with E-state index in [0.29, 0.717) is 11.5 Å². The molecule has 1 aliphatic carbocycles. The molecule has 1 atom stereocenters. The van der Waals surface area contributed by atoms with Crippen LogP contribution in [0.15, 0.2) is 36.4 Å². The number of nitrogens with one attached hydrogen (secondary N) is 1. The maximum absolute atomic E-state index is 4.05. The third-order valence-electron chi connectivity index (χ3n) is 5.16. The molecule has 2 heteroatoms. The Bertz CT molecular complexity index is 498. The second kappa shape index (κ2) is 5.34. The standard InChI is InChI=1S/C18H26N2/c1-14(2)13-20-10-8-18(9-11-20)12-17(19-3)15-6-4-5-7-16(15)18/h4-7,17,19H,1,8-13H2,2-3H3. The Morgan fingerprint density at radius 3 is 2.70 bits per heavy atom. The fraction of sp³-hybridized carbons (Fsp3) is 0.556. The minimum atomic E-state index is 0.413. The van der Waals surface area contributed by atoms with Crippen molar-refractivity contribution < 1.29 is 0 Å². The molecule has 0 amide bonds. The minimum Gasteiger partial charge on any atom is -0.313 e. The molecular weight excluding hydrogens is 244 g/mol. The van der Waals surface area contributed by atoms with E-state index in [0.717, 1.165) is 6.54 Å². The molecule has 0 saturated carbocycles. The van der Waals surface area contributed by atoms with Crippen molar-refractivity contribution in [3.8, 4) is 0 Å². The lowest BCUT2D eigenvalue weighted by Crippen LogP contribution is -2.42. The number of hydrogen-bond donors (Lipinski definition) is 1. The maximum atomic E-state index is 4.05. The molecule has 20 heavy (non-hydrogen) atoms. The average molecular weight is 270 g/mol. The van der Waals surface area contributed by atoms with Crippen LogP contribution in [0.1, 0.15) is 43.4 Å². The molecule has 2 nitrogen and oxygen atoms in total. The largest absolute Gasteiger partial charge is 0.313 e. The van der Waals surface area contributed by atoms with Crippen molar-refractivity contribution in [3.63, 3.8) is 0 Å². The third kappa shape index (κ3) is 2.32. The zero-order valence-corrected chi connectivity index (χ0v) is 12.8. The molecule has 1 N–H and O–H groups in total. The van der Waals surface area contributed by atoms with Crippen LogP contribution in [0.25, 0.3) is 0 Å². The second-order valence-electron chi connectivity index (χ2n) is 6.65. The molecule has 1 fully saturated rings. The summed E-state index contributed by atoms with van der Waals surface area (Å²) >= 11 is 0. The third-order valence-corrected chi connectivity index (χ3v) is 5.16. The van der Waals surface area contributed by atoms with Gasteiger partial charge in [0.2, 0.25) is 0 Å². The quantitative estimate of drug-likeness (QED) is 0.848. The first kappa shape index (κ1) is 13.8. The summed E-state index contributed by atoms with van der Waals surface area (Å²) in [5.74, 6) is 0. The Hall–Kier alpha value is -1.12. The first-order valence-corrected chi connectivity index (χ1v) is 7.78.